The second-order valence-corrected chi connectivity index (χ2v) is 8.23. The Morgan fingerprint density at radius 2 is 1.84 bits per heavy atom. The number of hydrogen-bond acceptors (Lipinski definition) is 3. The summed E-state index contributed by atoms with van der Waals surface area (Å²) >= 11 is 3.43. The molecule has 0 atom stereocenters. The molecule has 0 spiro atoms. The molecule has 0 radical (unpaired) electrons. The van der Waals surface area contributed by atoms with Crippen LogP contribution < -0.4 is 15.0 Å². The van der Waals surface area contributed by atoms with E-state index in [0.717, 1.165) is 15.6 Å². The van der Waals surface area contributed by atoms with Crippen LogP contribution in [0.2, 0.25) is 0 Å². The van der Waals surface area contributed by atoms with Crippen LogP contribution in [0.3, 0.4) is 0 Å². The molecule has 0 saturated heterocycles. The van der Waals surface area contributed by atoms with Gasteiger partial charge < -0.3 is 15.0 Å². The number of nitrogens with zero attached hydrogens (tertiary/aromatic N) is 1. The summed E-state index contributed by atoms with van der Waals surface area (Å²) in [6.45, 7) is 2.44. The van der Waals surface area contributed by atoms with Gasteiger partial charge in [0.25, 0.3) is 5.91 Å². The monoisotopic (exact) mass is 476 g/mol. The first-order chi connectivity index (χ1) is 15.0. The fraction of sp³-hybridized carbons (Fsp3) is 0.120. The SMILES string of the molecule is Cc1ccc(/C=C/C(=O)Nc2ccc3c(c2)N(Cc2ccc(Br)cc2)C(=O)CO3)cc1. The van der Waals surface area contributed by atoms with Gasteiger partial charge in [0.05, 0.1) is 12.2 Å². The maximum atomic E-state index is 12.5. The van der Waals surface area contributed by atoms with E-state index in [1.54, 1.807) is 29.2 Å². The molecule has 3 aromatic carbocycles. The third-order valence-electron chi connectivity index (χ3n) is 4.93. The van der Waals surface area contributed by atoms with Gasteiger partial charge in [0.2, 0.25) is 5.91 Å². The molecule has 0 unspecified atom stereocenters. The van der Waals surface area contributed by atoms with E-state index in [0.29, 0.717) is 23.7 Å². The molecule has 2 amide bonds. The van der Waals surface area contributed by atoms with Gasteiger partial charge in [-0.15, -0.1) is 0 Å². The Balaban J connectivity index is 1.51. The fourth-order valence-electron chi connectivity index (χ4n) is 3.26. The third-order valence-corrected chi connectivity index (χ3v) is 5.46. The zero-order valence-electron chi connectivity index (χ0n) is 17.0. The first-order valence-electron chi connectivity index (χ1n) is 9.85. The van der Waals surface area contributed by atoms with Crippen molar-refractivity contribution in [3.05, 3.63) is 94.0 Å². The molecule has 1 N–H and O–H groups in total. The maximum absolute atomic E-state index is 12.5. The predicted octanol–water partition coefficient (Wildman–Crippen LogP) is 5.34. The highest BCUT2D eigenvalue weighted by molar-refractivity contribution is 9.10. The average molecular weight is 477 g/mol. The highest BCUT2D eigenvalue weighted by Gasteiger charge is 2.26. The van der Waals surface area contributed by atoms with E-state index in [4.69, 9.17) is 4.74 Å². The summed E-state index contributed by atoms with van der Waals surface area (Å²) in [7, 11) is 0. The van der Waals surface area contributed by atoms with Crippen molar-refractivity contribution in [3.8, 4) is 5.75 Å². The van der Waals surface area contributed by atoms with E-state index in [1.165, 1.54) is 11.6 Å². The standard InChI is InChI=1S/C25H21BrN2O3/c1-17-2-4-18(5-3-17)8-13-24(29)27-21-11-12-23-22(14-21)28(25(30)16-31-23)15-19-6-9-20(26)10-7-19/h2-14H,15-16H2,1H3,(H,27,29)/b13-8+. The lowest BCUT2D eigenvalue weighted by molar-refractivity contribution is -0.121. The van der Waals surface area contributed by atoms with Gasteiger partial charge in [-0.05, 0) is 54.5 Å². The van der Waals surface area contributed by atoms with Crippen LogP contribution in [0.25, 0.3) is 6.08 Å². The van der Waals surface area contributed by atoms with Crippen molar-refractivity contribution >= 4 is 45.2 Å². The Labute approximate surface area is 189 Å². The second-order valence-electron chi connectivity index (χ2n) is 7.31. The Kier molecular flexibility index (Phi) is 6.18. The minimum absolute atomic E-state index is 0.00544. The number of fused-ring (bicyclic) bond motifs is 1. The molecule has 1 aliphatic heterocycles. The van der Waals surface area contributed by atoms with Crippen molar-refractivity contribution in [2.75, 3.05) is 16.8 Å². The van der Waals surface area contributed by atoms with Crippen LogP contribution in [0.5, 0.6) is 5.75 Å². The minimum atomic E-state index is -0.247. The molecule has 0 aromatic heterocycles. The van der Waals surface area contributed by atoms with Crippen molar-refractivity contribution in [2.45, 2.75) is 13.5 Å². The Bertz CT molecular complexity index is 1140. The van der Waals surface area contributed by atoms with E-state index in [9.17, 15) is 9.59 Å². The molecule has 0 saturated carbocycles. The average Bonchev–Trinajstić information content (AvgIpc) is 2.77. The van der Waals surface area contributed by atoms with Gasteiger partial charge >= 0.3 is 0 Å². The molecular formula is C25H21BrN2O3. The van der Waals surface area contributed by atoms with E-state index >= 15 is 0 Å². The zero-order chi connectivity index (χ0) is 21.8. The molecule has 0 bridgehead atoms. The van der Waals surface area contributed by atoms with Gasteiger partial charge in [0.15, 0.2) is 6.61 Å². The molecule has 0 fully saturated rings. The van der Waals surface area contributed by atoms with Crippen LogP contribution in [0.15, 0.2) is 77.3 Å². The Morgan fingerprint density at radius 3 is 2.58 bits per heavy atom. The number of amides is 2. The van der Waals surface area contributed by atoms with Crippen LogP contribution in [0.4, 0.5) is 11.4 Å². The van der Waals surface area contributed by atoms with Crippen molar-refractivity contribution in [2.24, 2.45) is 0 Å². The van der Waals surface area contributed by atoms with E-state index in [1.807, 2.05) is 55.5 Å². The quantitative estimate of drug-likeness (QED) is 0.505. The Morgan fingerprint density at radius 1 is 1.10 bits per heavy atom. The summed E-state index contributed by atoms with van der Waals surface area (Å²) in [5, 5.41) is 2.85. The Hall–Kier alpha value is -3.38. The predicted molar refractivity (Wildman–Crippen MR) is 126 cm³/mol. The number of benzene rings is 3. The molecule has 3 aromatic rings. The number of aryl methyl sites for hydroxylation is 1. The van der Waals surface area contributed by atoms with Gasteiger partial charge in [-0.2, -0.15) is 0 Å². The number of hydrogen-bond donors (Lipinski definition) is 1. The largest absolute Gasteiger partial charge is 0.482 e. The first-order valence-corrected chi connectivity index (χ1v) is 10.6. The summed E-state index contributed by atoms with van der Waals surface area (Å²) in [6.07, 6.45) is 3.25. The van der Waals surface area contributed by atoms with Crippen LogP contribution in [-0.4, -0.2) is 18.4 Å². The van der Waals surface area contributed by atoms with E-state index in [-0.39, 0.29) is 18.4 Å². The highest BCUT2D eigenvalue weighted by atomic mass is 79.9. The third kappa shape index (κ3) is 5.22. The van der Waals surface area contributed by atoms with Gasteiger partial charge in [0.1, 0.15) is 5.75 Å². The number of carbonyl (C=O) groups is 2. The fourth-order valence-corrected chi connectivity index (χ4v) is 3.52. The molecule has 5 nitrogen and oxygen atoms in total. The minimum Gasteiger partial charge on any atom is -0.482 e. The van der Waals surface area contributed by atoms with Crippen molar-refractivity contribution in [1.82, 2.24) is 0 Å². The molecule has 31 heavy (non-hydrogen) atoms. The van der Waals surface area contributed by atoms with Crippen molar-refractivity contribution in [1.29, 1.82) is 0 Å². The van der Waals surface area contributed by atoms with Crippen LogP contribution in [0.1, 0.15) is 16.7 Å². The number of ether oxygens (including phenoxy) is 1. The summed E-state index contributed by atoms with van der Waals surface area (Å²) in [5.74, 6) is 0.242. The summed E-state index contributed by atoms with van der Waals surface area (Å²) in [4.78, 5) is 26.6. The van der Waals surface area contributed by atoms with E-state index in [2.05, 4.69) is 21.2 Å². The first kappa shape index (κ1) is 20.9. The lowest BCUT2D eigenvalue weighted by Crippen LogP contribution is -2.38. The number of nitrogens with one attached hydrogen (secondary N) is 1. The number of rotatable bonds is 5. The molecule has 156 valence electrons. The summed E-state index contributed by atoms with van der Waals surface area (Å²) in [5.41, 5.74) is 4.35. The van der Waals surface area contributed by atoms with Crippen molar-refractivity contribution in [3.63, 3.8) is 0 Å². The number of carbonyl (C=O) groups excluding carboxylic acids is 2. The normalized spacial score (nSPS) is 13.1. The number of halogens is 1. The lowest BCUT2D eigenvalue weighted by Gasteiger charge is -2.30. The smallest absolute Gasteiger partial charge is 0.265 e. The molecule has 6 heteroatoms. The zero-order valence-corrected chi connectivity index (χ0v) is 18.6. The summed E-state index contributed by atoms with van der Waals surface area (Å²) in [6, 6.07) is 21.0. The number of anilines is 2. The van der Waals surface area contributed by atoms with Gasteiger partial charge in [-0.25, -0.2) is 0 Å². The van der Waals surface area contributed by atoms with Crippen LogP contribution >= 0.6 is 15.9 Å². The maximum Gasteiger partial charge on any atom is 0.265 e. The van der Waals surface area contributed by atoms with Crippen LogP contribution in [-0.2, 0) is 16.1 Å². The highest BCUT2D eigenvalue weighted by Crippen LogP contribution is 2.35. The lowest BCUT2D eigenvalue weighted by atomic mass is 10.1. The van der Waals surface area contributed by atoms with Gasteiger partial charge in [0, 0.05) is 16.2 Å². The molecule has 1 aliphatic rings. The van der Waals surface area contributed by atoms with Crippen LogP contribution in [0, 0.1) is 6.92 Å². The molecular weight excluding hydrogens is 456 g/mol. The van der Waals surface area contributed by atoms with Crippen molar-refractivity contribution < 1.29 is 14.3 Å². The van der Waals surface area contributed by atoms with Gasteiger partial charge in [-0.3, -0.25) is 9.59 Å². The molecule has 0 aliphatic carbocycles. The second kappa shape index (κ2) is 9.18. The van der Waals surface area contributed by atoms with Gasteiger partial charge in [-0.1, -0.05) is 57.9 Å². The molecule has 4 rings (SSSR count). The summed E-state index contributed by atoms with van der Waals surface area (Å²) < 4.78 is 6.55. The molecule has 1 heterocycles. The van der Waals surface area contributed by atoms with E-state index < -0.39 is 0 Å². The topological polar surface area (TPSA) is 58.6 Å².